The van der Waals surface area contributed by atoms with Crippen LogP contribution in [-0.4, -0.2) is 44.9 Å². The molecule has 1 aliphatic heterocycles. The maximum atomic E-state index is 12.4. The van der Waals surface area contributed by atoms with Crippen molar-refractivity contribution in [1.29, 1.82) is 0 Å². The second kappa shape index (κ2) is 10.4. The number of piperidine rings is 1. The first-order chi connectivity index (χ1) is 14.9. The number of nitrogens with one attached hydrogen (secondary N) is 1. The first-order valence-corrected chi connectivity index (χ1v) is 11.6. The molecule has 0 saturated carbocycles. The van der Waals surface area contributed by atoms with Crippen LogP contribution in [0.1, 0.15) is 31.3 Å². The summed E-state index contributed by atoms with van der Waals surface area (Å²) in [4.78, 5) is 26.0. The molecule has 9 heteroatoms. The summed E-state index contributed by atoms with van der Waals surface area (Å²) in [5, 5.41) is 0. The van der Waals surface area contributed by atoms with Gasteiger partial charge < -0.3 is 14.1 Å². The summed E-state index contributed by atoms with van der Waals surface area (Å²) in [6.07, 6.45) is 4.14. The van der Waals surface area contributed by atoms with Gasteiger partial charge in [-0.25, -0.2) is 13.1 Å². The summed E-state index contributed by atoms with van der Waals surface area (Å²) in [7, 11) is -3.63. The van der Waals surface area contributed by atoms with Gasteiger partial charge in [0.15, 0.2) is 0 Å². The standard InChI is InChI=1S/C22H26N2O6S/c1-2-29-22(26)17-12-14-24(15-13-17)21(25)11-10-18-8-9-19(30-18)16-23-31(27,28)20-6-4-3-5-7-20/h3-11,17,23H,2,12-16H2,1H3/b11-10+. The fourth-order valence-corrected chi connectivity index (χ4v) is 4.30. The van der Waals surface area contributed by atoms with Crippen LogP contribution < -0.4 is 4.72 Å². The quantitative estimate of drug-likeness (QED) is 0.494. The molecule has 0 radical (unpaired) electrons. The van der Waals surface area contributed by atoms with Crippen LogP contribution in [0.3, 0.4) is 0 Å². The number of furan rings is 1. The van der Waals surface area contributed by atoms with Crippen molar-refractivity contribution in [3.8, 4) is 0 Å². The van der Waals surface area contributed by atoms with Gasteiger partial charge in [-0.2, -0.15) is 0 Å². The highest BCUT2D eigenvalue weighted by atomic mass is 32.2. The van der Waals surface area contributed by atoms with Crippen LogP contribution in [0, 0.1) is 5.92 Å². The van der Waals surface area contributed by atoms with Gasteiger partial charge in [0.1, 0.15) is 11.5 Å². The van der Waals surface area contributed by atoms with E-state index in [0.717, 1.165) is 0 Å². The van der Waals surface area contributed by atoms with Gasteiger partial charge in [0.25, 0.3) is 0 Å². The first kappa shape index (κ1) is 22.8. The molecule has 0 aliphatic carbocycles. The Labute approximate surface area is 181 Å². The van der Waals surface area contributed by atoms with Crippen LogP contribution in [0.25, 0.3) is 6.08 Å². The highest BCUT2D eigenvalue weighted by Crippen LogP contribution is 2.19. The van der Waals surface area contributed by atoms with E-state index in [9.17, 15) is 18.0 Å². The lowest BCUT2D eigenvalue weighted by Crippen LogP contribution is -2.39. The van der Waals surface area contributed by atoms with Crippen molar-refractivity contribution < 1.29 is 27.2 Å². The van der Waals surface area contributed by atoms with Gasteiger partial charge in [0.05, 0.1) is 24.0 Å². The number of sulfonamides is 1. The van der Waals surface area contributed by atoms with Crippen LogP contribution in [0.15, 0.2) is 57.9 Å². The average Bonchev–Trinajstić information content (AvgIpc) is 3.25. The summed E-state index contributed by atoms with van der Waals surface area (Å²) in [5.41, 5.74) is 0. The zero-order valence-electron chi connectivity index (χ0n) is 17.3. The topological polar surface area (TPSA) is 106 Å². The van der Waals surface area contributed by atoms with Crippen LogP contribution in [-0.2, 0) is 30.9 Å². The average molecular weight is 447 g/mol. The molecule has 2 aromatic rings. The number of hydrogen-bond acceptors (Lipinski definition) is 6. The second-order valence-corrected chi connectivity index (χ2v) is 8.89. The molecule has 1 fully saturated rings. The van der Waals surface area contributed by atoms with Gasteiger partial charge in [-0.3, -0.25) is 9.59 Å². The third kappa shape index (κ3) is 6.28. The predicted molar refractivity (Wildman–Crippen MR) is 114 cm³/mol. The minimum absolute atomic E-state index is 0.000384. The lowest BCUT2D eigenvalue weighted by atomic mass is 9.97. The smallest absolute Gasteiger partial charge is 0.309 e. The number of carbonyl (C=O) groups excluding carboxylic acids is 2. The predicted octanol–water partition coefficient (Wildman–Crippen LogP) is 2.57. The number of hydrogen-bond donors (Lipinski definition) is 1. The zero-order valence-corrected chi connectivity index (χ0v) is 18.1. The number of amides is 1. The Balaban J connectivity index is 1.49. The van der Waals surface area contributed by atoms with Crippen molar-refractivity contribution in [3.05, 3.63) is 60.1 Å². The van der Waals surface area contributed by atoms with Gasteiger partial charge in [-0.15, -0.1) is 0 Å². The Morgan fingerprint density at radius 1 is 1.16 bits per heavy atom. The fourth-order valence-electron chi connectivity index (χ4n) is 3.28. The largest absolute Gasteiger partial charge is 0.466 e. The second-order valence-electron chi connectivity index (χ2n) is 7.13. The van der Waals surface area contributed by atoms with Gasteiger partial charge in [-0.05, 0) is 50.1 Å². The molecule has 3 rings (SSSR count). The van der Waals surface area contributed by atoms with Crippen molar-refractivity contribution in [2.24, 2.45) is 5.92 Å². The van der Waals surface area contributed by atoms with E-state index in [1.165, 1.54) is 18.2 Å². The number of nitrogens with zero attached hydrogens (tertiary/aromatic N) is 1. The van der Waals surface area contributed by atoms with Crippen LogP contribution in [0.4, 0.5) is 0 Å². The van der Waals surface area contributed by atoms with Crippen molar-refractivity contribution in [2.75, 3.05) is 19.7 Å². The normalized spacial score (nSPS) is 15.3. The number of carbonyl (C=O) groups is 2. The third-order valence-corrected chi connectivity index (χ3v) is 6.41. The van der Waals surface area contributed by atoms with Crippen LogP contribution >= 0.6 is 0 Å². The highest BCUT2D eigenvalue weighted by Gasteiger charge is 2.27. The summed E-state index contributed by atoms with van der Waals surface area (Å²) in [5.74, 6) is 0.368. The van der Waals surface area contributed by atoms with E-state index in [0.29, 0.717) is 44.1 Å². The van der Waals surface area contributed by atoms with Gasteiger partial charge in [-0.1, -0.05) is 18.2 Å². The minimum Gasteiger partial charge on any atom is -0.466 e. The molecule has 1 amide bonds. The number of ether oxygens (including phenoxy) is 1. The van der Waals surface area contributed by atoms with Gasteiger partial charge in [0, 0.05) is 19.2 Å². The number of esters is 1. The third-order valence-electron chi connectivity index (χ3n) is 4.99. The Morgan fingerprint density at radius 2 is 1.87 bits per heavy atom. The summed E-state index contributed by atoms with van der Waals surface area (Å²) >= 11 is 0. The maximum Gasteiger partial charge on any atom is 0.309 e. The zero-order chi connectivity index (χ0) is 22.3. The molecule has 1 saturated heterocycles. The van der Waals surface area contributed by atoms with E-state index >= 15 is 0 Å². The number of benzene rings is 1. The van der Waals surface area contributed by atoms with Crippen LogP contribution in [0.2, 0.25) is 0 Å². The molecule has 31 heavy (non-hydrogen) atoms. The maximum absolute atomic E-state index is 12.4. The molecule has 1 aromatic heterocycles. The molecule has 1 aromatic carbocycles. The minimum atomic E-state index is -3.63. The SMILES string of the molecule is CCOC(=O)C1CCN(C(=O)/C=C/c2ccc(CNS(=O)(=O)c3ccccc3)o2)CC1. The Bertz CT molecular complexity index is 1020. The Morgan fingerprint density at radius 3 is 2.55 bits per heavy atom. The van der Waals surface area contributed by atoms with Crippen molar-refractivity contribution in [1.82, 2.24) is 9.62 Å². The summed E-state index contributed by atoms with van der Waals surface area (Å²) in [6, 6.07) is 11.4. The van der Waals surface area contributed by atoms with Crippen molar-refractivity contribution in [2.45, 2.75) is 31.2 Å². The number of likely N-dealkylation sites (tertiary alicyclic amines) is 1. The number of rotatable bonds is 8. The molecule has 1 N–H and O–H groups in total. The molecule has 0 atom stereocenters. The van der Waals surface area contributed by atoms with Gasteiger partial charge in [0.2, 0.25) is 15.9 Å². The molecule has 166 valence electrons. The lowest BCUT2D eigenvalue weighted by Gasteiger charge is -2.30. The van der Waals surface area contributed by atoms with E-state index in [1.54, 1.807) is 48.2 Å². The molecule has 2 heterocycles. The summed E-state index contributed by atoms with van der Waals surface area (Å²) in [6.45, 7) is 3.13. The Kier molecular flexibility index (Phi) is 7.64. The highest BCUT2D eigenvalue weighted by molar-refractivity contribution is 7.89. The molecular weight excluding hydrogens is 420 g/mol. The monoisotopic (exact) mass is 446 g/mol. The van der Waals surface area contributed by atoms with Crippen molar-refractivity contribution in [3.63, 3.8) is 0 Å². The molecule has 0 unspecified atom stereocenters. The molecule has 8 nitrogen and oxygen atoms in total. The van der Waals surface area contributed by atoms with Crippen molar-refractivity contribution >= 4 is 28.0 Å². The molecule has 0 spiro atoms. The summed E-state index contributed by atoms with van der Waals surface area (Å²) < 4.78 is 37.6. The van der Waals surface area contributed by atoms with E-state index in [4.69, 9.17) is 9.15 Å². The Hall–Kier alpha value is -2.91. The van der Waals surface area contributed by atoms with E-state index in [-0.39, 0.29) is 29.2 Å². The van der Waals surface area contributed by atoms with E-state index < -0.39 is 10.0 Å². The fraction of sp³-hybridized carbons (Fsp3) is 0.364. The van der Waals surface area contributed by atoms with Gasteiger partial charge >= 0.3 is 5.97 Å². The molecule has 0 bridgehead atoms. The van der Waals surface area contributed by atoms with Crippen LogP contribution in [0.5, 0.6) is 0 Å². The molecule has 1 aliphatic rings. The molecular formula is C22H26N2O6S. The van der Waals surface area contributed by atoms with E-state index in [2.05, 4.69) is 4.72 Å². The lowest BCUT2D eigenvalue weighted by molar-refractivity contribution is -0.150. The van der Waals surface area contributed by atoms with E-state index in [1.807, 2.05) is 0 Å². The first-order valence-electron chi connectivity index (χ1n) is 10.2.